The molecule has 6 heteroatoms. The SMILES string of the molecule is O=C(CCCCCc1ccccc1)Cc1nc(-c2cccc(Cl)n2)no1. The number of pyridine rings is 1. The number of nitrogens with zero attached hydrogens (tertiary/aromatic N) is 3. The zero-order valence-corrected chi connectivity index (χ0v) is 15.2. The Kier molecular flexibility index (Phi) is 6.50. The third kappa shape index (κ3) is 5.49. The smallest absolute Gasteiger partial charge is 0.234 e. The van der Waals surface area contributed by atoms with E-state index in [4.69, 9.17) is 16.1 Å². The van der Waals surface area contributed by atoms with E-state index in [9.17, 15) is 4.79 Å². The molecule has 0 unspecified atom stereocenters. The first-order valence-electron chi connectivity index (χ1n) is 8.72. The van der Waals surface area contributed by atoms with Crippen molar-refractivity contribution in [2.45, 2.75) is 38.5 Å². The van der Waals surface area contributed by atoms with Crippen LogP contribution in [0.5, 0.6) is 0 Å². The third-order valence-corrected chi connectivity index (χ3v) is 4.24. The molecular formula is C20H20ClN3O2. The van der Waals surface area contributed by atoms with Gasteiger partial charge in [-0.05, 0) is 37.0 Å². The Morgan fingerprint density at radius 3 is 2.62 bits per heavy atom. The number of ketones is 1. The predicted octanol–water partition coefficient (Wildman–Crippen LogP) is 4.70. The molecular weight excluding hydrogens is 350 g/mol. The lowest BCUT2D eigenvalue weighted by Gasteiger charge is -2.01. The second kappa shape index (κ2) is 9.25. The van der Waals surface area contributed by atoms with E-state index in [0.29, 0.717) is 29.0 Å². The molecule has 1 aromatic carbocycles. The second-order valence-electron chi connectivity index (χ2n) is 6.12. The molecule has 0 saturated carbocycles. The Labute approximate surface area is 157 Å². The number of carbonyl (C=O) groups is 1. The maximum absolute atomic E-state index is 12.1. The van der Waals surface area contributed by atoms with Gasteiger partial charge < -0.3 is 4.52 Å². The molecule has 0 aliphatic rings. The number of rotatable bonds is 9. The van der Waals surface area contributed by atoms with Gasteiger partial charge in [0.2, 0.25) is 11.7 Å². The Bertz CT molecular complexity index is 849. The molecule has 3 rings (SSSR count). The highest BCUT2D eigenvalue weighted by Crippen LogP contribution is 2.16. The Balaban J connectivity index is 1.40. The van der Waals surface area contributed by atoms with Gasteiger partial charge in [-0.25, -0.2) is 4.98 Å². The van der Waals surface area contributed by atoms with E-state index in [1.807, 2.05) is 6.07 Å². The summed E-state index contributed by atoms with van der Waals surface area (Å²) >= 11 is 5.86. The molecule has 2 heterocycles. The summed E-state index contributed by atoms with van der Waals surface area (Å²) in [6.07, 6.45) is 4.73. The van der Waals surface area contributed by atoms with E-state index >= 15 is 0 Å². The van der Waals surface area contributed by atoms with Gasteiger partial charge in [-0.3, -0.25) is 4.79 Å². The topological polar surface area (TPSA) is 68.9 Å². The van der Waals surface area contributed by atoms with Crippen LogP contribution in [0.2, 0.25) is 5.15 Å². The molecule has 0 fully saturated rings. The quantitative estimate of drug-likeness (QED) is 0.404. The molecule has 0 aliphatic carbocycles. The average molecular weight is 370 g/mol. The van der Waals surface area contributed by atoms with Gasteiger partial charge in [0.05, 0.1) is 6.42 Å². The van der Waals surface area contributed by atoms with Gasteiger partial charge in [0, 0.05) is 6.42 Å². The minimum absolute atomic E-state index is 0.110. The zero-order valence-electron chi connectivity index (χ0n) is 14.4. The van der Waals surface area contributed by atoms with Gasteiger partial charge in [-0.2, -0.15) is 4.98 Å². The third-order valence-electron chi connectivity index (χ3n) is 4.02. The molecule has 0 saturated heterocycles. The van der Waals surface area contributed by atoms with Crippen LogP contribution in [0.1, 0.15) is 37.1 Å². The van der Waals surface area contributed by atoms with Crippen LogP contribution in [0.25, 0.3) is 11.5 Å². The summed E-state index contributed by atoms with van der Waals surface area (Å²) in [6, 6.07) is 15.6. The average Bonchev–Trinajstić information content (AvgIpc) is 3.11. The van der Waals surface area contributed by atoms with E-state index in [1.165, 1.54) is 5.56 Å². The number of unbranched alkanes of at least 4 members (excludes halogenated alkanes) is 2. The summed E-state index contributed by atoms with van der Waals surface area (Å²) in [5, 5.41) is 4.23. The van der Waals surface area contributed by atoms with E-state index in [1.54, 1.807) is 18.2 Å². The van der Waals surface area contributed by atoms with Crippen LogP contribution in [0.4, 0.5) is 0 Å². The summed E-state index contributed by atoms with van der Waals surface area (Å²) in [5.74, 6) is 0.771. The number of halogens is 1. The van der Waals surface area contributed by atoms with Gasteiger partial charge in [-0.1, -0.05) is 59.6 Å². The van der Waals surface area contributed by atoms with Crippen molar-refractivity contribution in [1.29, 1.82) is 0 Å². The number of benzene rings is 1. The monoisotopic (exact) mass is 369 g/mol. The first kappa shape index (κ1) is 18.3. The van der Waals surface area contributed by atoms with Crippen molar-refractivity contribution in [2.24, 2.45) is 0 Å². The molecule has 3 aromatic rings. The molecule has 0 N–H and O–H groups in total. The van der Waals surface area contributed by atoms with Crippen LogP contribution < -0.4 is 0 Å². The normalized spacial score (nSPS) is 10.8. The summed E-state index contributed by atoms with van der Waals surface area (Å²) < 4.78 is 5.15. The standard InChI is InChI=1S/C20H20ClN3O2/c21-18-13-7-12-17(22-18)20-23-19(26-24-20)14-16(25)11-6-2-5-10-15-8-3-1-4-9-15/h1,3-4,7-9,12-13H,2,5-6,10-11,14H2. The number of hydrogen-bond acceptors (Lipinski definition) is 5. The first-order valence-corrected chi connectivity index (χ1v) is 9.09. The van der Waals surface area contributed by atoms with Crippen LogP contribution in [0.3, 0.4) is 0 Å². The van der Waals surface area contributed by atoms with Gasteiger partial charge in [-0.15, -0.1) is 0 Å². The largest absolute Gasteiger partial charge is 0.338 e. The van der Waals surface area contributed by atoms with E-state index in [-0.39, 0.29) is 12.2 Å². The lowest BCUT2D eigenvalue weighted by atomic mass is 10.0. The van der Waals surface area contributed by atoms with E-state index in [0.717, 1.165) is 25.7 Å². The number of aromatic nitrogens is 3. The number of aryl methyl sites for hydroxylation is 1. The van der Waals surface area contributed by atoms with Gasteiger partial charge in [0.15, 0.2) is 0 Å². The summed E-state index contributed by atoms with van der Waals surface area (Å²) in [5.41, 5.74) is 1.87. The fourth-order valence-electron chi connectivity index (χ4n) is 2.69. The molecule has 0 spiro atoms. The molecule has 0 radical (unpaired) electrons. The zero-order chi connectivity index (χ0) is 18.2. The van der Waals surface area contributed by atoms with Crippen LogP contribution in [-0.2, 0) is 17.6 Å². The van der Waals surface area contributed by atoms with Crippen LogP contribution in [0, 0.1) is 0 Å². The summed E-state index contributed by atoms with van der Waals surface area (Å²) in [7, 11) is 0. The van der Waals surface area contributed by atoms with Gasteiger partial charge in [0.25, 0.3) is 0 Å². The maximum Gasteiger partial charge on any atom is 0.234 e. The fourth-order valence-corrected chi connectivity index (χ4v) is 2.86. The number of Topliss-reactive ketones (excluding diaryl/α,β-unsaturated/α-hetero) is 1. The predicted molar refractivity (Wildman–Crippen MR) is 99.9 cm³/mol. The molecule has 2 aromatic heterocycles. The number of carbonyl (C=O) groups excluding carboxylic acids is 1. The van der Waals surface area contributed by atoms with Crippen molar-refractivity contribution in [1.82, 2.24) is 15.1 Å². The molecule has 0 aliphatic heterocycles. The van der Waals surface area contributed by atoms with E-state index < -0.39 is 0 Å². The highest BCUT2D eigenvalue weighted by atomic mass is 35.5. The van der Waals surface area contributed by atoms with Gasteiger partial charge in [0.1, 0.15) is 16.6 Å². The Morgan fingerprint density at radius 1 is 0.962 bits per heavy atom. The Morgan fingerprint density at radius 2 is 1.81 bits per heavy atom. The van der Waals surface area contributed by atoms with Crippen molar-refractivity contribution >= 4 is 17.4 Å². The molecule has 0 amide bonds. The Hall–Kier alpha value is -2.53. The van der Waals surface area contributed by atoms with Crippen LogP contribution >= 0.6 is 11.6 Å². The maximum atomic E-state index is 12.1. The lowest BCUT2D eigenvalue weighted by molar-refractivity contribution is -0.118. The number of hydrogen-bond donors (Lipinski definition) is 0. The van der Waals surface area contributed by atoms with Crippen LogP contribution in [-0.4, -0.2) is 20.9 Å². The molecule has 134 valence electrons. The molecule has 5 nitrogen and oxygen atoms in total. The fraction of sp³-hybridized carbons (Fsp3) is 0.300. The first-order chi connectivity index (χ1) is 12.7. The molecule has 26 heavy (non-hydrogen) atoms. The minimum atomic E-state index is 0.110. The highest BCUT2D eigenvalue weighted by Gasteiger charge is 2.13. The summed E-state index contributed by atoms with van der Waals surface area (Å²) in [4.78, 5) is 20.4. The van der Waals surface area contributed by atoms with Crippen molar-refractivity contribution in [3.05, 3.63) is 65.1 Å². The van der Waals surface area contributed by atoms with Crippen molar-refractivity contribution < 1.29 is 9.32 Å². The van der Waals surface area contributed by atoms with E-state index in [2.05, 4.69) is 39.4 Å². The molecule has 0 bridgehead atoms. The van der Waals surface area contributed by atoms with Crippen LogP contribution in [0.15, 0.2) is 53.1 Å². The molecule has 0 atom stereocenters. The van der Waals surface area contributed by atoms with Gasteiger partial charge >= 0.3 is 0 Å². The minimum Gasteiger partial charge on any atom is -0.338 e. The van der Waals surface area contributed by atoms with Crippen molar-refractivity contribution in [2.75, 3.05) is 0 Å². The second-order valence-corrected chi connectivity index (χ2v) is 6.51. The summed E-state index contributed by atoms with van der Waals surface area (Å²) in [6.45, 7) is 0. The van der Waals surface area contributed by atoms with Crippen molar-refractivity contribution in [3.8, 4) is 11.5 Å². The highest BCUT2D eigenvalue weighted by molar-refractivity contribution is 6.29. The lowest BCUT2D eigenvalue weighted by Crippen LogP contribution is -2.03. The van der Waals surface area contributed by atoms with Crippen molar-refractivity contribution in [3.63, 3.8) is 0 Å².